The number of aliphatic imine (C=N–C) groups is 1. The van der Waals surface area contributed by atoms with Crippen LogP contribution >= 0.6 is 11.8 Å². The second-order valence-corrected chi connectivity index (χ2v) is 10.7. The third-order valence-corrected chi connectivity index (χ3v) is 7.70. The molecule has 0 unspecified atom stereocenters. The number of carbonyl (C=O) groups excluding carboxylic acids is 1. The molecule has 0 saturated carbocycles. The Labute approximate surface area is 223 Å². The second kappa shape index (κ2) is 9.94. The highest BCUT2D eigenvalue weighted by Crippen LogP contribution is 2.44. The molecular weight excluding hydrogens is 478 g/mol. The van der Waals surface area contributed by atoms with Gasteiger partial charge in [-0.15, -0.1) is 0 Å². The molecule has 3 aromatic rings. The first-order chi connectivity index (χ1) is 17.8. The van der Waals surface area contributed by atoms with Crippen molar-refractivity contribution in [2.45, 2.75) is 33.2 Å². The van der Waals surface area contributed by atoms with Crippen molar-refractivity contribution in [2.24, 2.45) is 4.99 Å². The molecule has 37 heavy (non-hydrogen) atoms. The number of benzene rings is 3. The number of ether oxygens (including phenoxy) is 1. The molecule has 0 N–H and O–H groups in total. The van der Waals surface area contributed by atoms with Crippen LogP contribution in [-0.2, 0) is 4.79 Å². The van der Waals surface area contributed by atoms with Crippen LogP contribution in [0.2, 0.25) is 0 Å². The van der Waals surface area contributed by atoms with E-state index in [1.54, 1.807) is 12.0 Å². The number of hydrogen-bond donors (Lipinski definition) is 0. The van der Waals surface area contributed by atoms with Crippen molar-refractivity contribution >= 4 is 51.5 Å². The van der Waals surface area contributed by atoms with Gasteiger partial charge in [0.1, 0.15) is 5.75 Å². The highest BCUT2D eigenvalue weighted by molar-refractivity contribution is 8.19. The van der Waals surface area contributed by atoms with E-state index in [0.717, 1.165) is 40.5 Å². The predicted octanol–water partition coefficient (Wildman–Crippen LogP) is 7.53. The number of amides is 1. The number of nitrogens with zero attached hydrogens (tertiary/aromatic N) is 3. The first-order valence-corrected chi connectivity index (χ1v) is 13.3. The SMILES string of the molecule is CCN1c2cc(OC)c(/C=C3/SC(=Nc4ccccc4)N(c4ccccc4)C3=O)cc2C(C)=CC1(C)C. The minimum Gasteiger partial charge on any atom is -0.496 e. The average Bonchev–Trinajstić information content (AvgIpc) is 3.19. The fourth-order valence-corrected chi connectivity index (χ4v) is 6.09. The van der Waals surface area contributed by atoms with Crippen molar-refractivity contribution in [1.29, 1.82) is 0 Å². The van der Waals surface area contributed by atoms with E-state index in [9.17, 15) is 4.79 Å². The number of allylic oxidation sites excluding steroid dienone is 1. The molecule has 1 amide bonds. The van der Waals surface area contributed by atoms with Gasteiger partial charge in [0, 0.05) is 29.4 Å². The summed E-state index contributed by atoms with van der Waals surface area (Å²) in [4.78, 5) is 23.2. The van der Waals surface area contributed by atoms with E-state index in [-0.39, 0.29) is 11.4 Å². The Kier molecular flexibility index (Phi) is 6.69. The number of anilines is 2. The van der Waals surface area contributed by atoms with Crippen molar-refractivity contribution in [1.82, 2.24) is 0 Å². The summed E-state index contributed by atoms with van der Waals surface area (Å²) in [6, 6.07) is 23.6. The Bertz CT molecular complexity index is 1430. The zero-order valence-electron chi connectivity index (χ0n) is 21.9. The van der Waals surface area contributed by atoms with Gasteiger partial charge in [-0.3, -0.25) is 9.69 Å². The molecule has 0 radical (unpaired) electrons. The zero-order chi connectivity index (χ0) is 26.2. The van der Waals surface area contributed by atoms with Gasteiger partial charge in [-0.05, 0) is 81.4 Å². The number of thioether (sulfide) groups is 1. The topological polar surface area (TPSA) is 45.1 Å². The van der Waals surface area contributed by atoms with Gasteiger partial charge < -0.3 is 9.64 Å². The Balaban J connectivity index is 1.61. The van der Waals surface area contributed by atoms with Crippen LogP contribution in [0.25, 0.3) is 11.6 Å². The fraction of sp³-hybridized carbons (Fsp3) is 0.226. The normalized spacial score (nSPS) is 18.8. The molecule has 5 nitrogen and oxygen atoms in total. The van der Waals surface area contributed by atoms with Crippen LogP contribution in [0.1, 0.15) is 38.8 Å². The Morgan fingerprint density at radius 1 is 1.03 bits per heavy atom. The van der Waals surface area contributed by atoms with Gasteiger partial charge in [-0.1, -0.05) is 42.5 Å². The summed E-state index contributed by atoms with van der Waals surface area (Å²) in [5.41, 5.74) is 5.89. The van der Waals surface area contributed by atoms with Crippen LogP contribution in [0, 0.1) is 0 Å². The summed E-state index contributed by atoms with van der Waals surface area (Å²) < 4.78 is 5.83. The molecule has 1 saturated heterocycles. The van der Waals surface area contributed by atoms with Crippen LogP contribution in [0.3, 0.4) is 0 Å². The molecule has 6 heteroatoms. The largest absolute Gasteiger partial charge is 0.496 e. The van der Waals surface area contributed by atoms with E-state index < -0.39 is 0 Å². The van der Waals surface area contributed by atoms with Crippen LogP contribution in [0.4, 0.5) is 17.1 Å². The summed E-state index contributed by atoms with van der Waals surface area (Å²) in [7, 11) is 1.68. The van der Waals surface area contributed by atoms with Crippen LogP contribution < -0.4 is 14.5 Å². The second-order valence-electron chi connectivity index (χ2n) is 9.65. The maximum Gasteiger partial charge on any atom is 0.271 e. The summed E-state index contributed by atoms with van der Waals surface area (Å²) in [6.07, 6.45) is 4.23. The molecular formula is C31H31N3O2S. The lowest BCUT2D eigenvalue weighted by molar-refractivity contribution is -0.113. The number of rotatable bonds is 5. The van der Waals surface area contributed by atoms with Gasteiger partial charge in [0.05, 0.1) is 28.9 Å². The Morgan fingerprint density at radius 3 is 2.35 bits per heavy atom. The third-order valence-electron chi connectivity index (χ3n) is 6.73. The molecule has 2 heterocycles. The lowest BCUT2D eigenvalue weighted by Crippen LogP contribution is -2.44. The van der Waals surface area contributed by atoms with Gasteiger partial charge in [0.15, 0.2) is 5.17 Å². The average molecular weight is 510 g/mol. The maximum atomic E-state index is 13.7. The van der Waals surface area contributed by atoms with Gasteiger partial charge in [0.2, 0.25) is 0 Å². The quantitative estimate of drug-likeness (QED) is 0.334. The summed E-state index contributed by atoms with van der Waals surface area (Å²) in [6.45, 7) is 9.65. The van der Waals surface area contributed by atoms with E-state index in [0.29, 0.717) is 10.1 Å². The molecule has 0 aromatic heterocycles. The summed E-state index contributed by atoms with van der Waals surface area (Å²) in [5.74, 6) is 0.637. The number of carbonyl (C=O) groups is 1. The van der Waals surface area contributed by atoms with E-state index in [1.165, 1.54) is 17.3 Å². The monoisotopic (exact) mass is 509 g/mol. The molecule has 5 rings (SSSR count). The van der Waals surface area contributed by atoms with Crippen molar-refractivity contribution in [3.8, 4) is 5.75 Å². The van der Waals surface area contributed by atoms with E-state index in [2.05, 4.69) is 50.8 Å². The van der Waals surface area contributed by atoms with Gasteiger partial charge in [0.25, 0.3) is 5.91 Å². The Hall–Kier alpha value is -3.77. The number of hydrogen-bond acceptors (Lipinski definition) is 5. The number of likely N-dealkylation sites (N-methyl/N-ethyl adjacent to an activating group) is 1. The molecule has 188 valence electrons. The molecule has 2 aliphatic heterocycles. The van der Waals surface area contributed by atoms with E-state index in [4.69, 9.17) is 9.73 Å². The summed E-state index contributed by atoms with van der Waals surface area (Å²) in [5, 5.41) is 0.626. The predicted molar refractivity (Wildman–Crippen MR) is 157 cm³/mol. The van der Waals surface area contributed by atoms with Gasteiger partial charge in [-0.2, -0.15) is 0 Å². The van der Waals surface area contributed by atoms with Crippen LogP contribution in [0.15, 0.2) is 88.8 Å². The summed E-state index contributed by atoms with van der Waals surface area (Å²) >= 11 is 1.38. The minimum absolute atomic E-state index is 0.0902. The zero-order valence-corrected chi connectivity index (χ0v) is 22.7. The molecule has 2 aliphatic rings. The van der Waals surface area contributed by atoms with E-state index in [1.807, 2.05) is 66.7 Å². The number of methoxy groups -OCH3 is 1. The number of para-hydroxylation sites is 2. The molecule has 1 fully saturated rings. The highest BCUT2D eigenvalue weighted by atomic mass is 32.2. The maximum absolute atomic E-state index is 13.7. The molecule has 0 spiro atoms. The smallest absolute Gasteiger partial charge is 0.271 e. The number of amidine groups is 1. The van der Waals surface area contributed by atoms with Crippen molar-refractivity contribution < 1.29 is 9.53 Å². The van der Waals surface area contributed by atoms with E-state index >= 15 is 0 Å². The lowest BCUT2D eigenvalue weighted by atomic mass is 9.87. The first-order valence-electron chi connectivity index (χ1n) is 12.4. The van der Waals surface area contributed by atoms with Crippen molar-refractivity contribution in [2.75, 3.05) is 23.5 Å². The fourth-order valence-electron chi connectivity index (χ4n) is 5.10. The Morgan fingerprint density at radius 2 is 1.70 bits per heavy atom. The molecule has 0 aliphatic carbocycles. The van der Waals surface area contributed by atoms with Crippen molar-refractivity contribution in [3.63, 3.8) is 0 Å². The van der Waals surface area contributed by atoms with Gasteiger partial charge >= 0.3 is 0 Å². The van der Waals surface area contributed by atoms with Crippen LogP contribution in [-0.4, -0.2) is 30.3 Å². The van der Waals surface area contributed by atoms with Crippen LogP contribution in [0.5, 0.6) is 5.75 Å². The minimum atomic E-state index is -0.103. The third kappa shape index (κ3) is 4.69. The van der Waals surface area contributed by atoms with Gasteiger partial charge in [-0.25, -0.2) is 4.99 Å². The first kappa shape index (κ1) is 24.9. The highest BCUT2D eigenvalue weighted by Gasteiger charge is 2.36. The molecule has 0 bridgehead atoms. The molecule has 3 aromatic carbocycles. The number of fused-ring (bicyclic) bond motifs is 1. The lowest BCUT2D eigenvalue weighted by Gasteiger charge is -2.43. The molecule has 0 atom stereocenters. The van der Waals surface area contributed by atoms with Crippen molar-refractivity contribution in [3.05, 3.63) is 94.9 Å². The standard InChI is InChI=1S/C31H31N3O2S/c1-6-33-26-19-27(36-5)22(17-25(26)21(2)20-31(33,3)4)18-28-29(35)34(24-15-11-8-12-16-24)30(37-28)32-23-13-9-7-10-14-23/h7-20H,6H2,1-5H3/b28-18+,32-30?.